The average Bonchev–Trinajstić information content (AvgIpc) is 2.67. The van der Waals surface area contributed by atoms with Crippen LogP contribution in [0.5, 0.6) is 0 Å². The number of fused-ring (bicyclic) bond motifs is 1. The number of aromatic nitrogens is 2. The minimum atomic E-state index is -0.333. The lowest BCUT2D eigenvalue weighted by molar-refractivity contribution is 0.632. The Kier molecular flexibility index (Phi) is 3.31. The number of para-hydroxylation sites is 1. The molecule has 102 valence electrons. The molecule has 0 saturated carbocycles. The van der Waals surface area contributed by atoms with Crippen LogP contribution in [0.25, 0.3) is 10.2 Å². The van der Waals surface area contributed by atoms with Gasteiger partial charge in [0.15, 0.2) is 0 Å². The van der Waals surface area contributed by atoms with Crippen molar-refractivity contribution in [1.29, 1.82) is 0 Å². The van der Waals surface area contributed by atoms with Crippen LogP contribution < -0.4 is 5.32 Å². The molecule has 2 aromatic heterocycles. The Balaban J connectivity index is 2.18. The molecule has 0 saturated heterocycles. The highest BCUT2D eigenvalue weighted by Crippen LogP contribution is 2.35. The number of hydrogen-bond acceptors (Lipinski definition) is 4. The highest BCUT2D eigenvalue weighted by molar-refractivity contribution is 7.18. The van der Waals surface area contributed by atoms with Crippen LogP contribution in [-0.2, 0) is 0 Å². The Hall–Kier alpha value is -1.72. The van der Waals surface area contributed by atoms with Gasteiger partial charge in [0.1, 0.15) is 16.5 Å². The molecule has 3 nitrogen and oxygen atoms in total. The molecule has 1 aromatic carbocycles. The molecule has 0 amide bonds. The van der Waals surface area contributed by atoms with E-state index in [1.807, 2.05) is 13.8 Å². The summed E-state index contributed by atoms with van der Waals surface area (Å²) in [6.45, 7) is 4.01. The normalized spacial score (nSPS) is 11.0. The smallest absolute Gasteiger partial charge is 0.225 e. The first-order valence-electron chi connectivity index (χ1n) is 6.01. The fourth-order valence-corrected chi connectivity index (χ4v) is 3.25. The van der Waals surface area contributed by atoms with Gasteiger partial charge in [-0.15, -0.1) is 11.3 Å². The molecule has 0 fully saturated rings. The standard InChI is InChI=1S/C14H11ClFN3S/c1-7-8(2)20-13-11(7)12(18-14(15)19-13)17-10-6-4-3-5-9(10)16/h3-6H,1-2H3,(H,17,18,19). The molecule has 0 aliphatic carbocycles. The zero-order valence-corrected chi connectivity index (χ0v) is 12.4. The van der Waals surface area contributed by atoms with Crippen molar-refractivity contribution in [3.05, 3.63) is 45.8 Å². The number of benzene rings is 1. The average molecular weight is 308 g/mol. The van der Waals surface area contributed by atoms with E-state index >= 15 is 0 Å². The number of rotatable bonds is 2. The number of thiophene rings is 1. The lowest BCUT2D eigenvalue weighted by Gasteiger charge is -2.08. The predicted molar refractivity (Wildman–Crippen MR) is 81.6 cm³/mol. The summed E-state index contributed by atoms with van der Waals surface area (Å²) in [5.41, 5.74) is 1.45. The Morgan fingerprint density at radius 2 is 1.95 bits per heavy atom. The van der Waals surface area contributed by atoms with E-state index in [2.05, 4.69) is 15.3 Å². The van der Waals surface area contributed by atoms with Crippen LogP contribution in [-0.4, -0.2) is 9.97 Å². The molecule has 1 N–H and O–H groups in total. The van der Waals surface area contributed by atoms with Gasteiger partial charge in [-0.3, -0.25) is 0 Å². The first-order chi connectivity index (χ1) is 9.56. The molecule has 0 aliphatic heterocycles. The Labute approximate surface area is 124 Å². The maximum absolute atomic E-state index is 13.7. The lowest BCUT2D eigenvalue weighted by Crippen LogP contribution is -1.98. The number of anilines is 2. The molecule has 2 heterocycles. The van der Waals surface area contributed by atoms with Gasteiger partial charge in [-0.25, -0.2) is 9.37 Å². The van der Waals surface area contributed by atoms with E-state index in [0.29, 0.717) is 11.5 Å². The van der Waals surface area contributed by atoms with Gasteiger partial charge in [0.25, 0.3) is 0 Å². The van der Waals surface area contributed by atoms with Crippen molar-refractivity contribution in [2.75, 3.05) is 5.32 Å². The van der Waals surface area contributed by atoms with Crippen LogP contribution in [0, 0.1) is 19.7 Å². The van der Waals surface area contributed by atoms with Crippen LogP contribution in [0.1, 0.15) is 10.4 Å². The number of aryl methyl sites for hydroxylation is 2. The van der Waals surface area contributed by atoms with Crippen LogP contribution >= 0.6 is 22.9 Å². The second-order valence-corrected chi connectivity index (χ2v) is 5.95. The summed E-state index contributed by atoms with van der Waals surface area (Å²) >= 11 is 7.49. The highest BCUT2D eigenvalue weighted by atomic mass is 35.5. The molecule has 0 bridgehead atoms. The summed E-state index contributed by atoms with van der Waals surface area (Å²) < 4.78 is 13.7. The third-order valence-electron chi connectivity index (χ3n) is 3.13. The minimum absolute atomic E-state index is 0.151. The molecule has 6 heteroatoms. The van der Waals surface area contributed by atoms with Crippen molar-refractivity contribution in [2.24, 2.45) is 0 Å². The molecule has 0 radical (unpaired) electrons. The topological polar surface area (TPSA) is 37.8 Å². The van der Waals surface area contributed by atoms with E-state index in [-0.39, 0.29) is 11.1 Å². The second-order valence-electron chi connectivity index (χ2n) is 4.41. The van der Waals surface area contributed by atoms with Crippen LogP contribution in [0.15, 0.2) is 24.3 Å². The summed E-state index contributed by atoms with van der Waals surface area (Å²) in [5.74, 6) is 0.201. The molecule has 0 spiro atoms. The summed E-state index contributed by atoms with van der Waals surface area (Å²) in [5, 5.41) is 4.05. The summed E-state index contributed by atoms with van der Waals surface area (Å²) in [4.78, 5) is 10.4. The van der Waals surface area contributed by atoms with E-state index < -0.39 is 0 Å². The van der Waals surface area contributed by atoms with Crippen molar-refractivity contribution >= 4 is 44.7 Å². The third-order valence-corrected chi connectivity index (χ3v) is 4.40. The first-order valence-corrected chi connectivity index (χ1v) is 7.20. The zero-order chi connectivity index (χ0) is 14.3. The quantitative estimate of drug-likeness (QED) is 0.688. The number of halogens is 2. The first kappa shape index (κ1) is 13.3. The molecule has 0 atom stereocenters. The lowest BCUT2D eigenvalue weighted by atomic mass is 10.2. The van der Waals surface area contributed by atoms with Gasteiger partial charge >= 0.3 is 0 Å². The molecule has 3 rings (SSSR count). The van der Waals surface area contributed by atoms with Crippen molar-refractivity contribution in [3.8, 4) is 0 Å². The van der Waals surface area contributed by atoms with Crippen molar-refractivity contribution < 1.29 is 4.39 Å². The van der Waals surface area contributed by atoms with Crippen molar-refractivity contribution in [2.45, 2.75) is 13.8 Å². The fourth-order valence-electron chi connectivity index (χ4n) is 2.00. The van der Waals surface area contributed by atoms with Crippen LogP contribution in [0.3, 0.4) is 0 Å². The van der Waals surface area contributed by atoms with E-state index in [4.69, 9.17) is 11.6 Å². The van der Waals surface area contributed by atoms with Gasteiger partial charge in [-0.2, -0.15) is 4.98 Å². The zero-order valence-electron chi connectivity index (χ0n) is 10.9. The monoisotopic (exact) mass is 307 g/mol. The van der Waals surface area contributed by atoms with Crippen molar-refractivity contribution in [3.63, 3.8) is 0 Å². The SMILES string of the molecule is Cc1sc2nc(Cl)nc(Nc3ccccc3F)c2c1C. The molecule has 3 aromatic rings. The number of hydrogen-bond donors (Lipinski definition) is 1. The fraction of sp³-hybridized carbons (Fsp3) is 0.143. The molecule has 20 heavy (non-hydrogen) atoms. The molecular weight excluding hydrogens is 297 g/mol. The van der Waals surface area contributed by atoms with E-state index in [9.17, 15) is 4.39 Å². The largest absolute Gasteiger partial charge is 0.337 e. The summed E-state index contributed by atoms with van der Waals surface area (Å²) in [6.07, 6.45) is 0. The molecule has 0 unspecified atom stereocenters. The Morgan fingerprint density at radius 1 is 1.20 bits per heavy atom. The van der Waals surface area contributed by atoms with Crippen LogP contribution in [0.4, 0.5) is 15.9 Å². The maximum Gasteiger partial charge on any atom is 0.225 e. The van der Waals surface area contributed by atoms with Gasteiger partial charge in [-0.1, -0.05) is 12.1 Å². The third kappa shape index (κ3) is 2.23. The second kappa shape index (κ2) is 5.00. The maximum atomic E-state index is 13.7. The summed E-state index contributed by atoms with van der Waals surface area (Å²) in [6, 6.07) is 6.46. The predicted octanol–water partition coefficient (Wildman–Crippen LogP) is 4.84. The van der Waals surface area contributed by atoms with Gasteiger partial charge in [0.2, 0.25) is 5.28 Å². The van der Waals surface area contributed by atoms with Gasteiger partial charge in [0, 0.05) is 4.88 Å². The van der Waals surface area contributed by atoms with Gasteiger partial charge in [0.05, 0.1) is 11.1 Å². The van der Waals surface area contributed by atoms with E-state index in [1.165, 1.54) is 6.07 Å². The molecule has 0 aliphatic rings. The number of nitrogens with zero attached hydrogens (tertiary/aromatic N) is 2. The molecular formula is C14H11ClFN3S. The van der Waals surface area contributed by atoms with E-state index in [0.717, 1.165) is 20.7 Å². The van der Waals surface area contributed by atoms with Gasteiger partial charge < -0.3 is 5.32 Å². The highest BCUT2D eigenvalue weighted by Gasteiger charge is 2.15. The minimum Gasteiger partial charge on any atom is -0.337 e. The van der Waals surface area contributed by atoms with Gasteiger partial charge in [-0.05, 0) is 43.1 Å². The van der Waals surface area contributed by atoms with Crippen molar-refractivity contribution in [1.82, 2.24) is 9.97 Å². The summed E-state index contributed by atoms with van der Waals surface area (Å²) in [7, 11) is 0. The van der Waals surface area contributed by atoms with E-state index in [1.54, 1.807) is 29.5 Å². The Bertz CT molecular complexity index is 800. The Morgan fingerprint density at radius 3 is 2.70 bits per heavy atom. The van der Waals surface area contributed by atoms with Crippen LogP contribution in [0.2, 0.25) is 5.28 Å². The number of nitrogens with one attached hydrogen (secondary N) is 1.